The van der Waals surface area contributed by atoms with E-state index in [1.807, 2.05) is 30.5 Å². The third-order valence-electron chi connectivity index (χ3n) is 3.92. The monoisotopic (exact) mass is 447 g/mol. The molecule has 0 atom stereocenters. The van der Waals surface area contributed by atoms with Crippen molar-refractivity contribution >= 4 is 46.6 Å². The summed E-state index contributed by atoms with van der Waals surface area (Å²) in [6.07, 6.45) is 5.39. The highest BCUT2D eigenvalue weighted by molar-refractivity contribution is 7.98. The van der Waals surface area contributed by atoms with Gasteiger partial charge in [-0.1, -0.05) is 11.6 Å². The van der Waals surface area contributed by atoms with Crippen molar-refractivity contribution in [1.29, 1.82) is 0 Å². The number of aromatic nitrogens is 1. The lowest BCUT2D eigenvalue weighted by molar-refractivity contribution is -0.684. The molecule has 0 aliphatic rings. The standard InChI is InChI=1S/C21H18ClN3O2S.ClH/c1-28-19-10-8-17(9-11-19)23-20(26)14-25-12-2-3-15(13-25)21(27)24-18-6-4-16(22)5-7-18;/h2-13H,14H2,1H3,(H-,23,24,26,27);1H. The molecule has 0 fully saturated rings. The molecular formula is C21H19Cl2N3O2S. The first kappa shape index (κ1) is 22.7. The van der Waals surface area contributed by atoms with Crippen LogP contribution >= 0.6 is 23.4 Å². The molecule has 150 valence electrons. The Morgan fingerprint density at radius 2 is 1.59 bits per heavy atom. The molecule has 8 heteroatoms. The summed E-state index contributed by atoms with van der Waals surface area (Å²) in [5, 5.41) is 6.26. The van der Waals surface area contributed by atoms with Crippen LogP contribution in [-0.2, 0) is 11.3 Å². The molecule has 3 rings (SSSR count). The van der Waals surface area contributed by atoms with Gasteiger partial charge in [-0.3, -0.25) is 9.59 Å². The number of pyridine rings is 1. The van der Waals surface area contributed by atoms with Crippen molar-refractivity contribution in [2.75, 3.05) is 16.9 Å². The van der Waals surface area contributed by atoms with E-state index in [2.05, 4.69) is 10.6 Å². The quantitative estimate of drug-likeness (QED) is 0.441. The van der Waals surface area contributed by atoms with Crippen LogP contribution in [0.3, 0.4) is 0 Å². The van der Waals surface area contributed by atoms with Gasteiger partial charge < -0.3 is 23.0 Å². The maximum atomic E-state index is 12.4. The molecule has 0 unspecified atom stereocenters. The lowest BCUT2D eigenvalue weighted by Crippen LogP contribution is -3.00. The normalized spacial score (nSPS) is 10.0. The van der Waals surface area contributed by atoms with Gasteiger partial charge >= 0.3 is 0 Å². The Labute approximate surface area is 184 Å². The lowest BCUT2D eigenvalue weighted by atomic mass is 10.2. The number of halogens is 2. The zero-order valence-electron chi connectivity index (χ0n) is 15.6. The van der Waals surface area contributed by atoms with Crippen molar-refractivity contribution in [3.8, 4) is 0 Å². The van der Waals surface area contributed by atoms with Gasteiger partial charge in [0.15, 0.2) is 12.4 Å². The van der Waals surface area contributed by atoms with E-state index in [4.69, 9.17) is 11.6 Å². The Kier molecular flexibility index (Phi) is 8.51. The Bertz CT molecular complexity index is 980. The van der Waals surface area contributed by atoms with E-state index < -0.39 is 0 Å². The number of carbonyl (C=O) groups is 2. The first-order valence-corrected chi connectivity index (χ1v) is 10.1. The summed E-state index contributed by atoms with van der Waals surface area (Å²) in [4.78, 5) is 25.8. The van der Waals surface area contributed by atoms with Crippen molar-refractivity contribution < 1.29 is 26.6 Å². The molecule has 3 aromatic rings. The largest absolute Gasteiger partial charge is 1.00 e. The first-order valence-electron chi connectivity index (χ1n) is 8.53. The number of benzene rings is 2. The molecule has 2 N–H and O–H groups in total. The zero-order chi connectivity index (χ0) is 19.9. The summed E-state index contributed by atoms with van der Waals surface area (Å²) in [5.74, 6) is -0.429. The maximum absolute atomic E-state index is 12.4. The smallest absolute Gasteiger partial charge is 0.290 e. The average Bonchev–Trinajstić information content (AvgIpc) is 2.70. The summed E-state index contributed by atoms with van der Waals surface area (Å²) in [6.45, 7) is 0.104. The molecule has 0 saturated heterocycles. The molecule has 0 aliphatic carbocycles. The molecular weight excluding hydrogens is 429 g/mol. The summed E-state index contributed by atoms with van der Waals surface area (Å²) in [5.41, 5.74) is 1.84. The second-order valence-corrected chi connectivity index (χ2v) is 7.32. The van der Waals surface area contributed by atoms with E-state index in [0.29, 0.717) is 16.3 Å². The van der Waals surface area contributed by atoms with E-state index in [1.165, 1.54) is 0 Å². The molecule has 0 bridgehead atoms. The van der Waals surface area contributed by atoms with E-state index in [1.54, 1.807) is 65.1 Å². The van der Waals surface area contributed by atoms with Crippen LogP contribution in [0.2, 0.25) is 5.02 Å². The zero-order valence-corrected chi connectivity index (χ0v) is 17.9. The molecule has 0 aliphatic heterocycles. The van der Waals surface area contributed by atoms with E-state index in [-0.39, 0.29) is 30.8 Å². The minimum Gasteiger partial charge on any atom is -1.00 e. The van der Waals surface area contributed by atoms with Crippen LogP contribution in [-0.4, -0.2) is 18.1 Å². The van der Waals surface area contributed by atoms with Crippen LogP contribution in [0.5, 0.6) is 0 Å². The number of hydrogen-bond donors (Lipinski definition) is 2. The molecule has 0 spiro atoms. The van der Waals surface area contributed by atoms with Crippen molar-refractivity contribution in [3.05, 3.63) is 83.6 Å². The summed E-state index contributed by atoms with van der Waals surface area (Å²) >= 11 is 7.50. The maximum Gasteiger partial charge on any atom is 0.290 e. The van der Waals surface area contributed by atoms with Crippen molar-refractivity contribution in [1.82, 2.24) is 0 Å². The van der Waals surface area contributed by atoms with Crippen LogP contribution in [0.4, 0.5) is 11.4 Å². The number of carbonyl (C=O) groups excluding carboxylic acids is 2. The van der Waals surface area contributed by atoms with Crippen LogP contribution in [0, 0.1) is 0 Å². The fourth-order valence-corrected chi connectivity index (χ4v) is 3.07. The molecule has 2 aromatic carbocycles. The fraction of sp³-hybridized carbons (Fsp3) is 0.0952. The molecule has 0 saturated carbocycles. The predicted octanol–water partition coefficient (Wildman–Crippen LogP) is 1.24. The van der Waals surface area contributed by atoms with Gasteiger partial charge in [-0.25, -0.2) is 0 Å². The number of rotatable bonds is 6. The highest BCUT2D eigenvalue weighted by Gasteiger charge is 2.14. The molecule has 2 amide bonds. The van der Waals surface area contributed by atoms with Gasteiger partial charge in [-0.05, 0) is 60.9 Å². The van der Waals surface area contributed by atoms with Crippen LogP contribution in [0.25, 0.3) is 0 Å². The second-order valence-electron chi connectivity index (χ2n) is 6.00. The third kappa shape index (κ3) is 6.78. The molecule has 1 aromatic heterocycles. The Balaban J connectivity index is 0.00000300. The van der Waals surface area contributed by atoms with Crippen molar-refractivity contribution in [3.63, 3.8) is 0 Å². The lowest BCUT2D eigenvalue weighted by Gasteiger charge is -2.06. The average molecular weight is 448 g/mol. The van der Waals surface area contributed by atoms with Crippen molar-refractivity contribution in [2.24, 2.45) is 0 Å². The topological polar surface area (TPSA) is 62.1 Å². The minimum absolute atomic E-state index is 0. The van der Waals surface area contributed by atoms with Gasteiger partial charge in [0.05, 0.1) is 0 Å². The number of nitrogens with one attached hydrogen (secondary N) is 2. The van der Waals surface area contributed by atoms with Crippen LogP contribution in [0.15, 0.2) is 78.0 Å². The predicted molar refractivity (Wildman–Crippen MR) is 113 cm³/mol. The van der Waals surface area contributed by atoms with Gasteiger partial charge in [0.2, 0.25) is 6.54 Å². The van der Waals surface area contributed by atoms with E-state index in [0.717, 1.165) is 10.6 Å². The summed E-state index contributed by atoms with van der Waals surface area (Å²) in [6, 6.07) is 17.9. The second kappa shape index (κ2) is 10.9. The number of nitrogens with zero attached hydrogens (tertiary/aromatic N) is 1. The van der Waals surface area contributed by atoms with Crippen LogP contribution < -0.4 is 27.6 Å². The molecule has 0 radical (unpaired) electrons. The Morgan fingerprint density at radius 3 is 2.24 bits per heavy atom. The Hall–Kier alpha value is -2.54. The summed E-state index contributed by atoms with van der Waals surface area (Å²) < 4.78 is 1.67. The number of anilines is 2. The Morgan fingerprint density at radius 1 is 0.966 bits per heavy atom. The number of thioether (sulfide) groups is 1. The van der Waals surface area contributed by atoms with Crippen LogP contribution in [0.1, 0.15) is 10.4 Å². The molecule has 29 heavy (non-hydrogen) atoms. The molecule has 5 nitrogen and oxygen atoms in total. The SMILES string of the molecule is CSc1ccc(NC(=O)C[n+]2cccc(C(=O)Nc3ccc(Cl)cc3)c2)cc1.[Cl-]. The first-order chi connectivity index (χ1) is 13.5. The van der Waals surface area contributed by atoms with Gasteiger partial charge in [-0.2, -0.15) is 4.57 Å². The number of amides is 2. The van der Waals surface area contributed by atoms with Gasteiger partial charge in [0.25, 0.3) is 11.8 Å². The highest BCUT2D eigenvalue weighted by Crippen LogP contribution is 2.17. The van der Waals surface area contributed by atoms with Gasteiger partial charge in [0, 0.05) is 27.4 Å². The van der Waals surface area contributed by atoms with Gasteiger partial charge in [0.1, 0.15) is 5.56 Å². The van der Waals surface area contributed by atoms with Gasteiger partial charge in [-0.15, -0.1) is 11.8 Å². The van der Waals surface area contributed by atoms with Crippen molar-refractivity contribution in [2.45, 2.75) is 11.4 Å². The third-order valence-corrected chi connectivity index (χ3v) is 4.92. The minimum atomic E-state index is -0.260. The fourth-order valence-electron chi connectivity index (χ4n) is 2.53. The highest BCUT2D eigenvalue weighted by atomic mass is 35.5. The molecule has 1 heterocycles. The van der Waals surface area contributed by atoms with E-state index >= 15 is 0 Å². The van der Waals surface area contributed by atoms with E-state index in [9.17, 15) is 9.59 Å². The number of hydrogen-bond acceptors (Lipinski definition) is 3. The summed E-state index contributed by atoms with van der Waals surface area (Å²) in [7, 11) is 0.